The summed E-state index contributed by atoms with van der Waals surface area (Å²) in [6.45, 7) is 5.98. The van der Waals surface area contributed by atoms with Crippen LogP contribution in [0.2, 0.25) is 0 Å². The maximum Gasteiger partial charge on any atom is 0.305 e. The lowest BCUT2D eigenvalue weighted by atomic mass is 9.98. The molecule has 0 saturated carbocycles. The Morgan fingerprint density at radius 3 is 2.27 bits per heavy atom. The number of aliphatic carboxylic acids is 1. The number of nitrogens with one attached hydrogen (secondary N) is 3. The lowest BCUT2D eigenvalue weighted by molar-refractivity contribution is -0.138. The fourth-order valence-electron chi connectivity index (χ4n) is 5.33. The van der Waals surface area contributed by atoms with E-state index in [0.717, 1.165) is 22.5 Å². The number of benzene rings is 2. The summed E-state index contributed by atoms with van der Waals surface area (Å²) in [6, 6.07) is 13.7. The average Bonchev–Trinajstić information content (AvgIpc) is 3.69. The van der Waals surface area contributed by atoms with E-state index in [0.29, 0.717) is 94.8 Å². The predicted octanol–water partition coefficient (Wildman–Crippen LogP) is 4.59. The number of aryl methyl sites for hydroxylation is 1. The highest BCUT2D eigenvalue weighted by atomic mass is 16.6. The minimum absolute atomic E-state index is 0.211. The zero-order valence-corrected chi connectivity index (χ0v) is 31.3. The van der Waals surface area contributed by atoms with Gasteiger partial charge in [0.1, 0.15) is 18.2 Å². The summed E-state index contributed by atoms with van der Waals surface area (Å²) >= 11 is 0. The van der Waals surface area contributed by atoms with Gasteiger partial charge in [0, 0.05) is 36.2 Å². The number of hydrogen-bond donors (Lipinski definition) is 4. The number of anilines is 1. The highest BCUT2D eigenvalue weighted by Crippen LogP contribution is 2.34. The second kappa shape index (κ2) is 24.6. The van der Waals surface area contributed by atoms with Crippen LogP contribution in [0.5, 0.6) is 5.75 Å². The topological polar surface area (TPSA) is 241 Å². The number of amides is 2. The van der Waals surface area contributed by atoms with Gasteiger partial charge in [-0.05, 0) is 59.8 Å². The SMILES string of the molecule is Cc1ccnc(NCCCC(=O)NCC(=O)N[C@@H](CC(=O)O)c2ccc(-c3ccc(OCCOCCOCCOCCOCCN=[N+]=[N-])c4ncoc34)cc2)c1. The van der Waals surface area contributed by atoms with Gasteiger partial charge in [0.15, 0.2) is 17.5 Å². The molecule has 0 radical (unpaired) electrons. The van der Waals surface area contributed by atoms with Crippen molar-refractivity contribution in [2.24, 2.45) is 5.11 Å². The van der Waals surface area contributed by atoms with Gasteiger partial charge in [-0.2, -0.15) is 0 Å². The van der Waals surface area contributed by atoms with E-state index in [1.807, 2.05) is 37.3 Å². The third-order valence-corrected chi connectivity index (χ3v) is 8.03. The molecule has 0 aliphatic carbocycles. The molecule has 2 amide bonds. The number of pyridine rings is 1. The van der Waals surface area contributed by atoms with Crippen LogP contribution in [0.1, 0.15) is 36.4 Å². The van der Waals surface area contributed by atoms with Crippen LogP contribution >= 0.6 is 0 Å². The summed E-state index contributed by atoms with van der Waals surface area (Å²) in [5.41, 5.74) is 12.4. The number of aromatic nitrogens is 2. The van der Waals surface area contributed by atoms with Crippen molar-refractivity contribution in [2.45, 2.75) is 32.2 Å². The Morgan fingerprint density at radius 2 is 1.59 bits per heavy atom. The molecule has 0 aliphatic heterocycles. The van der Waals surface area contributed by atoms with Crippen LogP contribution in [-0.2, 0) is 33.3 Å². The molecule has 18 heteroatoms. The molecule has 300 valence electrons. The van der Waals surface area contributed by atoms with Gasteiger partial charge < -0.3 is 49.2 Å². The standard InChI is InChI=1S/C38H48N8O10/c1-27-10-12-41-33(23-27)40-11-2-3-34(47)42-25-35(48)45-31(24-36(49)50)29-6-4-28(5-7-29)30-8-9-32(37-38(30)56-26-43-37)55-22-21-54-20-19-53-18-17-52-16-15-51-14-13-44-46-39/h4-10,12,23,26,31H,2-3,11,13-22,24-25H2,1H3,(H,40,41)(H,42,47)(H,45,48)(H,49,50)/t31-/m0/s1. The maximum absolute atomic E-state index is 12.7. The second-order valence-electron chi connectivity index (χ2n) is 12.3. The summed E-state index contributed by atoms with van der Waals surface area (Å²) in [5, 5.41) is 21.4. The minimum Gasteiger partial charge on any atom is -0.489 e. The van der Waals surface area contributed by atoms with Gasteiger partial charge in [0.25, 0.3) is 0 Å². The molecule has 0 unspecified atom stereocenters. The molecule has 0 spiro atoms. The fraction of sp³-hybridized carbons (Fsp3) is 0.447. The van der Waals surface area contributed by atoms with E-state index in [1.54, 1.807) is 24.4 Å². The zero-order chi connectivity index (χ0) is 39.8. The van der Waals surface area contributed by atoms with Crippen molar-refractivity contribution in [3.63, 3.8) is 0 Å². The number of nitrogens with zero attached hydrogens (tertiary/aromatic N) is 5. The number of carbonyl (C=O) groups excluding carboxylic acids is 2. The van der Waals surface area contributed by atoms with Gasteiger partial charge in [-0.3, -0.25) is 14.4 Å². The largest absolute Gasteiger partial charge is 0.489 e. The molecule has 2 aromatic carbocycles. The van der Waals surface area contributed by atoms with Crippen LogP contribution in [0.4, 0.5) is 5.82 Å². The average molecular weight is 777 g/mol. The van der Waals surface area contributed by atoms with Crippen LogP contribution in [0.25, 0.3) is 32.7 Å². The molecule has 4 aromatic rings. The van der Waals surface area contributed by atoms with Crippen molar-refractivity contribution < 1.29 is 47.6 Å². The molecular weight excluding hydrogens is 728 g/mol. The first-order valence-electron chi connectivity index (χ1n) is 18.2. The van der Waals surface area contributed by atoms with E-state index in [-0.39, 0.29) is 31.9 Å². The summed E-state index contributed by atoms with van der Waals surface area (Å²) in [7, 11) is 0. The van der Waals surface area contributed by atoms with Crippen molar-refractivity contribution in [1.29, 1.82) is 0 Å². The van der Waals surface area contributed by atoms with Gasteiger partial charge in [-0.1, -0.05) is 29.4 Å². The monoisotopic (exact) mass is 776 g/mol. The first kappa shape index (κ1) is 43.0. The van der Waals surface area contributed by atoms with Crippen molar-refractivity contribution in [3.05, 3.63) is 82.7 Å². The van der Waals surface area contributed by atoms with Gasteiger partial charge >= 0.3 is 5.97 Å². The predicted molar refractivity (Wildman–Crippen MR) is 205 cm³/mol. The van der Waals surface area contributed by atoms with Gasteiger partial charge in [-0.25, -0.2) is 9.97 Å². The molecule has 4 rings (SSSR count). The van der Waals surface area contributed by atoms with Crippen LogP contribution in [0, 0.1) is 6.92 Å². The molecule has 0 fully saturated rings. The van der Waals surface area contributed by atoms with Crippen molar-refractivity contribution in [1.82, 2.24) is 20.6 Å². The van der Waals surface area contributed by atoms with E-state index in [2.05, 4.69) is 35.9 Å². The lowest BCUT2D eigenvalue weighted by Gasteiger charge is -2.18. The third-order valence-electron chi connectivity index (χ3n) is 8.03. The van der Waals surface area contributed by atoms with Crippen LogP contribution in [-0.4, -0.2) is 112 Å². The first-order valence-corrected chi connectivity index (χ1v) is 18.2. The number of fused-ring (bicyclic) bond motifs is 1. The molecule has 2 aromatic heterocycles. The fourth-order valence-corrected chi connectivity index (χ4v) is 5.33. The van der Waals surface area contributed by atoms with Crippen molar-refractivity contribution in [3.8, 4) is 16.9 Å². The van der Waals surface area contributed by atoms with E-state index in [4.69, 9.17) is 33.6 Å². The van der Waals surface area contributed by atoms with E-state index in [9.17, 15) is 19.5 Å². The molecule has 4 N–H and O–H groups in total. The first-order chi connectivity index (χ1) is 27.3. The van der Waals surface area contributed by atoms with Crippen molar-refractivity contribution in [2.75, 3.05) is 84.4 Å². The van der Waals surface area contributed by atoms with E-state index in [1.165, 1.54) is 6.39 Å². The number of oxazole rings is 1. The number of rotatable bonds is 28. The number of carbonyl (C=O) groups is 3. The Balaban J connectivity index is 1.17. The normalized spacial score (nSPS) is 11.4. The lowest BCUT2D eigenvalue weighted by Crippen LogP contribution is -2.39. The highest BCUT2D eigenvalue weighted by molar-refractivity contribution is 5.93. The van der Waals surface area contributed by atoms with Gasteiger partial charge in [-0.15, -0.1) is 0 Å². The Kier molecular flexibility index (Phi) is 18.9. The Hall–Kier alpha value is -5.78. The van der Waals surface area contributed by atoms with Crippen LogP contribution < -0.4 is 20.7 Å². The molecule has 56 heavy (non-hydrogen) atoms. The van der Waals surface area contributed by atoms with Crippen molar-refractivity contribution >= 4 is 34.7 Å². The molecule has 0 saturated heterocycles. The number of ether oxygens (including phenoxy) is 5. The van der Waals surface area contributed by atoms with Crippen LogP contribution in [0.15, 0.2) is 70.7 Å². The molecule has 18 nitrogen and oxygen atoms in total. The number of carboxylic acids is 1. The summed E-state index contributed by atoms with van der Waals surface area (Å²) < 4.78 is 33.4. The molecule has 0 bridgehead atoms. The Morgan fingerprint density at radius 1 is 0.893 bits per heavy atom. The van der Waals surface area contributed by atoms with E-state index >= 15 is 0 Å². The Bertz CT molecular complexity index is 1870. The molecular formula is C38H48N8O10. The smallest absolute Gasteiger partial charge is 0.305 e. The summed E-state index contributed by atoms with van der Waals surface area (Å²) in [4.78, 5) is 47.9. The summed E-state index contributed by atoms with van der Waals surface area (Å²) in [5.74, 6) is -0.620. The number of azide groups is 1. The number of hydrogen-bond acceptors (Lipinski definition) is 13. The Labute approximate surface area is 323 Å². The second-order valence-corrected chi connectivity index (χ2v) is 12.3. The highest BCUT2D eigenvalue weighted by Gasteiger charge is 2.20. The maximum atomic E-state index is 12.7. The third kappa shape index (κ3) is 15.5. The molecule has 2 heterocycles. The van der Waals surface area contributed by atoms with Gasteiger partial charge in [0.05, 0.1) is 71.9 Å². The summed E-state index contributed by atoms with van der Waals surface area (Å²) in [6.07, 6.45) is 3.45. The quantitative estimate of drug-likeness (QED) is 0.0267. The number of carboxylic acid groups (broad SMARTS) is 1. The minimum atomic E-state index is -1.09. The zero-order valence-electron chi connectivity index (χ0n) is 31.3. The molecule has 1 atom stereocenters. The van der Waals surface area contributed by atoms with Crippen LogP contribution in [0.3, 0.4) is 0 Å². The molecule has 0 aliphatic rings. The van der Waals surface area contributed by atoms with Gasteiger partial charge in [0.2, 0.25) is 11.8 Å². The van der Waals surface area contributed by atoms with E-state index < -0.39 is 17.9 Å².